The molecule has 0 aliphatic heterocycles. The summed E-state index contributed by atoms with van der Waals surface area (Å²) in [6.07, 6.45) is 3.19. The monoisotopic (exact) mass is 435 g/mol. The van der Waals surface area contributed by atoms with Crippen molar-refractivity contribution in [2.24, 2.45) is 10.2 Å². The minimum atomic E-state index is -0.526. The SMILES string of the molecule is O=C(Cc1cccc2ccccc12)N=Nc1ccc(NOC(=O)/C=C/c2ccccc2)cc1. The molecule has 1 amide bonds. The Morgan fingerprint density at radius 2 is 1.55 bits per heavy atom. The average Bonchev–Trinajstić information content (AvgIpc) is 2.86. The first-order chi connectivity index (χ1) is 16.2. The summed E-state index contributed by atoms with van der Waals surface area (Å²) in [5.41, 5.74) is 5.48. The van der Waals surface area contributed by atoms with Gasteiger partial charge in [0.15, 0.2) is 0 Å². The summed E-state index contributed by atoms with van der Waals surface area (Å²) in [4.78, 5) is 29.1. The number of carbonyl (C=O) groups excluding carboxylic acids is 2. The van der Waals surface area contributed by atoms with Gasteiger partial charge in [0.25, 0.3) is 5.91 Å². The Morgan fingerprint density at radius 1 is 0.818 bits per heavy atom. The van der Waals surface area contributed by atoms with Crippen LogP contribution >= 0.6 is 0 Å². The molecular formula is C27H21N3O3. The molecule has 162 valence electrons. The Kier molecular flexibility index (Phi) is 6.98. The maximum atomic E-state index is 12.3. The van der Waals surface area contributed by atoms with Gasteiger partial charge in [-0.1, -0.05) is 72.8 Å². The summed E-state index contributed by atoms with van der Waals surface area (Å²) in [5.74, 6) is -0.852. The van der Waals surface area contributed by atoms with Gasteiger partial charge < -0.3 is 4.84 Å². The number of hydrogen-bond acceptors (Lipinski definition) is 5. The Morgan fingerprint density at radius 3 is 2.36 bits per heavy atom. The molecule has 0 aliphatic rings. The summed E-state index contributed by atoms with van der Waals surface area (Å²) in [7, 11) is 0. The van der Waals surface area contributed by atoms with Crippen LogP contribution in [0.1, 0.15) is 11.1 Å². The van der Waals surface area contributed by atoms with Crippen LogP contribution in [-0.2, 0) is 20.8 Å². The quantitative estimate of drug-likeness (QED) is 0.211. The van der Waals surface area contributed by atoms with E-state index in [0.717, 1.165) is 21.9 Å². The highest BCUT2D eigenvalue weighted by atomic mass is 16.7. The molecule has 0 saturated carbocycles. The summed E-state index contributed by atoms with van der Waals surface area (Å²) < 4.78 is 0. The van der Waals surface area contributed by atoms with Gasteiger partial charge >= 0.3 is 5.97 Å². The van der Waals surface area contributed by atoms with E-state index in [9.17, 15) is 9.59 Å². The van der Waals surface area contributed by atoms with E-state index in [1.165, 1.54) is 6.08 Å². The molecule has 6 nitrogen and oxygen atoms in total. The lowest BCUT2D eigenvalue weighted by Crippen LogP contribution is -2.07. The topological polar surface area (TPSA) is 80.1 Å². The molecule has 0 bridgehead atoms. The van der Waals surface area contributed by atoms with Crippen LogP contribution < -0.4 is 5.48 Å². The standard InChI is InChI=1S/C27H21N3O3/c31-26(19-22-11-6-10-21-9-4-5-12-25(21)22)29-28-23-14-16-24(17-15-23)30-33-27(32)18-13-20-7-2-1-3-8-20/h1-18,30H,19H2/b18-13+,29-28?. The zero-order chi connectivity index (χ0) is 22.9. The fourth-order valence-corrected chi connectivity index (χ4v) is 3.23. The van der Waals surface area contributed by atoms with Gasteiger partial charge in [0.05, 0.1) is 17.8 Å². The van der Waals surface area contributed by atoms with Crippen molar-refractivity contribution in [2.45, 2.75) is 6.42 Å². The van der Waals surface area contributed by atoms with E-state index in [-0.39, 0.29) is 12.3 Å². The fraction of sp³-hybridized carbons (Fsp3) is 0.0370. The van der Waals surface area contributed by atoms with Gasteiger partial charge in [-0.25, -0.2) is 10.3 Å². The summed E-state index contributed by atoms with van der Waals surface area (Å²) >= 11 is 0. The van der Waals surface area contributed by atoms with Crippen LogP contribution in [0.4, 0.5) is 11.4 Å². The lowest BCUT2D eigenvalue weighted by atomic mass is 10.0. The van der Waals surface area contributed by atoms with Crippen LogP contribution in [0.25, 0.3) is 16.8 Å². The molecule has 0 aliphatic carbocycles. The van der Waals surface area contributed by atoms with E-state index in [1.54, 1.807) is 30.3 Å². The van der Waals surface area contributed by atoms with Crippen LogP contribution in [0.2, 0.25) is 0 Å². The van der Waals surface area contributed by atoms with Gasteiger partial charge in [-0.05, 0) is 52.2 Å². The van der Waals surface area contributed by atoms with Crippen LogP contribution in [0, 0.1) is 0 Å². The van der Waals surface area contributed by atoms with Crippen molar-refractivity contribution in [3.8, 4) is 0 Å². The van der Waals surface area contributed by atoms with Crippen molar-refractivity contribution >= 4 is 40.1 Å². The average molecular weight is 435 g/mol. The Balaban J connectivity index is 1.29. The molecule has 6 heteroatoms. The van der Waals surface area contributed by atoms with E-state index in [0.29, 0.717) is 11.4 Å². The van der Waals surface area contributed by atoms with Crippen LogP contribution in [-0.4, -0.2) is 11.9 Å². The lowest BCUT2D eigenvalue weighted by molar-refractivity contribution is -0.134. The zero-order valence-corrected chi connectivity index (χ0v) is 17.7. The molecule has 4 aromatic carbocycles. The number of nitrogens with zero attached hydrogens (tertiary/aromatic N) is 2. The number of carbonyl (C=O) groups is 2. The van der Waals surface area contributed by atoms with Gasteiger partial charge in [-0.3, -0.25) is 4.79 Å². The Labute approximate surface area is 191 Å². The van der Waals surface area contributed by atoms with E-state index in [1.807, 2.05) is 72.8 Å². The molecular weight excluding hydrogens is 414 g/mol. The smallest absolute Gasteiger partial charge is 0.339 e. The Bertz CT molecular complexity index is 1310. The predicted octanol–water partition coefficient (Wildman–Crippen LogP) is 6.28. The predicted molar refractivity (Wildman–Crippen MR) is 129 cm³/mol. The second-order valence-corrected chi connectivity index (χ2v) is 7.22. The third-order valence-corrected chi connectivity index (χ3v) is 4.85. The van der Waals surface area contributed by atoms with E-state index in [4.69, 9.17) is 4.84 Å². The Hall–Kier alpha value is -4.58. The number of nitrogens with one attached hydrogen (secondary N) is 1. The van der Waals surface area contributed by atoms with Crippen LogP contribution in [0.5, 0.6) is 0 Å². The normalized spacial score (nSPS) is 11.2. The first kappa shape index (κ1) is 21.6. The molecule has 0 spiro atoms. The maximum Gasteiger partial charge on any atom is 0.355 e. The number of rotatable bonds is 7. The maximum absolute atomic E-state index is 12.3. The summed E-state index contributed by atoms with van der Waals surface area (Å²) in [6.45, 7) is 0. The van der Waals surface area contributed by atoms with Crippen molar-refractivity contribution in [1.82, 2.24) is 0 Å². The fourth-order valence-electron chi connectivity index (χ4n) is 3.23. The van der Waals surface area contributed by atoms with Crippen molar-refractivity contribution in [3.63, 3.8) is 0 Å². The molecule has 0 unspecified atom stereocenters. The number of benzene rings is 4. The van der Waals surface area contributed by atoms with Gasteiger partial charge in [0.2, 0.25) is 0 Å². The van der Waals surface area contributed by atoms with E-state index < -0.39 is 5.97 Å². The van der Waals surface area contributed by atoms with Gasteiger partial charge in [-0.2, -0.15) is 0 Å². The molecule has 4 rings (SSSR count). The molecule has 0 atom stereocenters. The van der Waals surface area contributed by atoms with Crippen molar-refractivity contribution in [2.75, 3.05) is 5.48 Å². The molecule has 0 aromatic heterocycles. The third kappa shape index (κ3) is 6.21. The zero-order valence-electron chi connectivity index (χ0n) is 17.7. The number of azo groups is 1. The molecule has 0 saturated heterocycles. The number of fused-ring (bicyclic) bond motifs is 1. The number of hydrogen-bond donors (Lipinski definition) is 1. The van der Waals surface area contributed by atoms with Gasteiger partial charge in [0.1, 0.15) is 0 Å². The van der Waals surface area contributed by atoms with E-state index in [2.05, 4.69) is 15.7 Å². The van der Waals surface area contributed by atoms with Crippen molar-refractivity contribution < 1.29 is 14.4 Å². The molecule has 33 heavy (non-hydrogen) atoms. The molecule has 1 N–H and O–H groups in total. The van der Waals surface area contributed by atoms with Crippen molar-refractivity contribution in [3.05, 3.63) is 114 Å². The van der Waals surface area contributed by atoms with Crippen LogP contribution in [0.15, 0.2) is 113 Å². The highest BCUT2D eigenvalue weighted by Gasteiger charge is 2.06. The summed E-state index contributed by atoms with van der Waals surface area (Å²) in [6, 6.07) is 29.9. The summed E-state index contributed by atoms with van der Waals surface area (Å²) in [5, 5.41) is 9.95. The second-order valence-electron chi connectivity index (χ2n) is 7.22. The van der Waals surface area contributed by atoms with Crippen molar-refractivity contribution in [1.29, 1.82) is 0 Å². The highest BCUT2D eigenvalue weighted by molar-refractivity contribution is 5.90. The molecule has 0 fully saturated rings. The van der Waals surface area contributed by atoms with E-state index >= 15 is 0 Å². The minimum Gasteiger partial charge on any atom is -0.339 e. The van der Waals surface area contributed by atoms with Gasteiger partial charge in [-0.15, -0.1) is 10.2 Å². The molecule has 0 heterocycles. The number of anilines is 1. The van der Waals surface area contributed by atoms with Crippen LogP contribution in [0.3, 0.4) is 0 Å². The molecule has 4 aromatic rings. The largest absolute Gasteiger partial charge is 0.355 e. The second kappa shape index (κ2) is 10.6. The lowest BCUT2D eigenvalue weighted by Gasteiger charge is -2.05. The van der Waals surface area contributed by atoms with Gasteiger partial charge in [0, 0.05) is 6.08 Å². The first-order valence-electron chi connectivity index (χ1n) is 10.4. The molecule has 0 radical (unpaired) electrons. The highest BCUT2D eigenvalue weighted by Crippen LogP contribution is 2.20. The number of amides is 1. The first-order valence-corrected chi connectivity index (χ1v) is 10.4. The minimum absolute atomic E-state index is 0.178. The third-order valence-electron chi connectivity index (χ3n) is 4.85.